The fourth-order valence-corrected chi connectivity index (χ4v) is 1.95. The zero-order chi connectivity index (χ0) is 20.8. The molecule has 142 valence electrons. The second kappa shape index (κ2) is 15.1. The van der Waals surface area contributed by atoms with Gasteiger partial charge in [0.1, 0.15) is 11.5 Å². The van der Waals surface area contributed by atoms with Crippen LogP contribution in [0.4, 0.5) is 0 Å². The minimum absolute atomic E-state index is 0.0350. The van der Waals surface area contributed by atoms with Crippen LogP contribution in [0.5, 0.6) is 11.5 Å². The van der Waals surface area contributed by atoms with Gasteiger partial charge in [0.2, 0.25) is 13.1 Å². The highest BCUT2D eigenvalue weighted by Gasteiger charge is 2.02. The van der Waals surface area contributed by atoms with Crippen LogP contribution in [0.15, 0.2) is 36.4 Å². The van der Waals surface area contributed by atoms with Gasteiger partial charge < -0.3 is 19.5 Å². The molecule has 10 heteroatoms. The minimum atomic E-state index is 0.0350. The summed E-state index contributed by atoms with van der Waals surface area (Å²) in [7, 11) is 1.56. The summed E-state index contributed by atoms with van der Waals surface area (Å²) < 4.78 is 5.27. The number of hydrogen-bond donors (Lipinski definition) is 1. The van der Waals surface area contributed by atoms with Gasteiger partial charge in [-0.3, -0.25) is 0 Å². The van der Waals surface area contributed by atoms with Crippen LogP contribution in [0.1, 0.15) is 11.1 Å². The Morgan fingerprint density at radius 1 is 0.963 bits per heavy atom. The van der Waals surface area contributed by atoms with Gasteiger partial charge in [0.25, 0.3) is 0 Å². The van der Waals surface area contributed by atoms with Crippen LogP contribution in [-0.4, -0.2) is 15.4 Å². The number of nitrogens with zero attached hydrogens (tertiary/aromatic N) is 2. The molecule has 0 atom stereocenters. The van der Waals surface area contributed by atoms with Crippen molar-refractivity contribution >= 4 is 73.7 Å². The second-order valence-electron chi connectivity index (χ2n) is 4.63. The average Bonchev–Trinajstić information content (AvgIpc) is 2.60. The molecule has 0 fully saturated rings. The Bertz CT molecular complexity index is 809. The van der Waals surface area contributed by atoms with E-state index < -0.39 is 0 Å². The van der Waals surface area contributed by atoms with E-state index in [1.807, 2.05) is 6.07 Å². The number of phenols is 1. The SMILES string of the molecule is BrB(Br)Br.[C-]#[N+]Cc1ccc(Cl)c(O)c1.[C-]#[N+]Cc1ccc(Cl)c(OC)c1. The van der Waals surface area contributed by atoms with E-state index in [-0.39, 0.29) is 15.5 Å². The predicted molar refractivity (Wildman–Crippen MR) is 124 cm³/mol. The van der Waals surface area contributed by atoms with Crippen molar-refractivity contribution in [3.63, 3.8) is 0 Å². The van der Waals surface area contributed by atoms with Crippen molar-refractivity contribution in [1.82, 2.24) is 0 Å². The lowest BCUT2D eigenvalue weighted by Crippen LogP contribution is -1.86. The van der Waals surface area contributed by atoms with Crippen LogP contribution in [0.25, 0.3) is 9.69 Å². The molecular weight excluding hydrogens is 586 g/mol. The highest BCUT2D eigenvalue weighted by atomic mass is 79.9. The summed E-state index contributed by atoms with van der Waals surface area (Å²) >= 11 is 20.7. The van der Waals surface area contributed by atoms with E-state index in [4.69, 9.17) is 46.2 Å². The van der Waals surface area contributed by atoms with Crippen LogP contribution < -0.4 is 4.74 Å². The predicted octanol–water partition coefficient (Wildman–Crippen LogP) is 7.39. The Balaban J connectivity index is 0.000000421. The fraction of sp³-hybridized carbons (Fsp3) is 0.176. The number of halogens is 5. The monoisotopic (exact) mass is 596 g/mol. The average molecular weight is 600 g/mol. The molecule has 0 radical (unpaired) electrons. The lowest BCUT2D eigenvalue weighted by atomic mass is 10.2. The molecule has 0 saturated carbocycles. The Morgan fingerprint density at radius 2 is 1.41 bits per heavy atom. The van der Waals surface area contributed by atoms with E-state index in [9.17, 15) is 0 Å². The first-order chi connectivity index (χ1) is 12.7. The first kappa shape index (κ1) is 26.1. The van der Waals surface area contributed by atoms with Crippen molar-refractivity contribution in [2.24, 2.45) is 0 Å². The minimum Gasteiger partial charge on any atom is -0.506 e. The zero-order valence-electron chi connectivity index (χ0n) is 14.1. The third kappa shape index (κ3) is 12.2. The highest BCUT2D eigenvalue weighted by Crippen LogP contribution is 2.25. The molecule has 0 unspecified atom stereocenters. The Morgan fingerprint density at radius 3 is 1.81 bits per heavy atom. The number of methoxy groups -OCH3 is 1. The Hall–Kier alpha value is -0.895. The standard InChI is InChI=1S/C9H8ClNO.C8H6ClNO.BBr3/c1-11-6-7-3-4-8(10)9(5-7)12-2;1-10-5-6-2-3-7(9)8(11)4-6;2-1(3)4/h3-5H,6H2,2H3;2-4,11H,5H2;. The Kier molecular flexibility index (Phi) is 14.6. The van der Waals surface area contributed by atoms with Gasteiger partial charge in [-0.15, -0.1) is 47.3 Å². The molecule has 2 rings (SSSR count). The normalized spacial score (nSPS) is 8.74. The maximum absolute atomic E-state index is 9.09. The topological polar surface area (TPSA) is 38.2 Å². The molecule has 2 aromatic carbocycles. The highest BCUT2D eigenvalue weighted by molar-refractivity contribution is 9.69. The summed E-state index contributed by atoms with van der Waals surface area (Å²) in [4.78, 5) is 6.43. The molecular formula is C17H14BBr3Cl2N2O2. The van der Waals surface area contributed by atoms with Gasteiger partial charge >= 0.3 is 3.18 Å². The van der Waals surface area contributed by atoms with Gasteiger partial charge in [-0.05, 0) is 36.4 Å². The number of aromatic hydroxyl groups is 1. The first-order valence-corrected chi connectivity index (χ1v) is 10.6. The number of ether oxygens (including phenoxy) is 1. The summed E-state index contributed by atoms with van der Waals surface area (Å²) in [6.07, 6.45) is 0. The van der Waals surface area contributed by atoms with Gasteiger partial charge in [0.15, 0.2) is 0 Å². The zero-order valence-corrected chi connectivity index (χ0v) is 20.4. The molecule has 0 heterocycles. The molecule has 2 aromatic rings. The smallest absolute Gasteiger partial charge is 0.369 e. The maximum Gasteiger partial charge on any atom is 0.369 e. The van der Waals surface area contributed by atoms with Gasteiger partial charge in [-0.2, -0.15) is 0 Å². The van der Waals surface area contributed by atoms with E-state index in [0.29, 0.717) is 22.3 Å². The molecule has 0 saturated heterocycles. The molecule has 0 aliphatic heterocycles. The molecule has 0 aliphatic rings. The molecule has 0 aliphatic carbocycles. The molecule has 0 bridgehead atoms. The van der Waals surface area contributed by atoms with Gasteiger partial charge in [-0.1, -0.05) is 23.2 Å². The number of hydrogen-bond acceptors (Lipinski definition) is 2. The van der Waals surface area contributed by atoms with Gasteiger partial charge in [0.05, 0.1) is 17.2 Å². The lowest BCUT2D eigenvalue weighted by molar-refractivity contribution is 0.414. The van der Waals surface area contributed by atoms with E-state index in [1.165, 1.54) is 6.07 Å². The van der Waals surface area contributed by atoms with Crippen molar-refractivity contribution in [1.29, 1.82) is 0 Å². The summed E-state index contributed by atoms with van der Waals surface area (Å²) in [6.45, 7) is 13.9. The number of rotatable bonds is 3. The summed E-state index contributed by atoms with van der Waals surface area (Å²) in [5.74, 6) is 0.658. The fourth-order valence-electron chi connectivity index (χ4n) is 1.64. The van der Waals surface area contributed by atoms with E-state index in [1.54, 1.807) is 31.4 Å². The number of phenolic OH excluding ortho intramolecular Hbond substituents is 1. The molecule has 0 spiro atoms. The second-order valence-corrected chi connectivity index (χ2v) is 11.9. The van der Waals surface area contributed by atoms with E-state index in [2.05, 4.69) is 57.0 Å². The Labute approximate surface area is 194 Å². The first-order valence-electron chi connectivity index (χ1n) is 7.13. The van der Waals surface area contributed by atoms with Crippen molar-refractivity contribution in [3.05, 3.63) is 80.4 Å². The third-order valence-corrected chi connectivity index (χ3v) is 3.38. The van der Waals surface area contributed by atoms with Gasteiger partial charge in [0, 0.05) is 11.1 Å². The van der Waals surface area contributed by atoms with Crippen LogP contribution in [-0.2, 0) is 13.1 Å². The lowest BCUT2D eigenvalue weighted by Gasteiger charge is -2.02. The van der Waals surface area contributed by atoms with E-state index in [0.717, 1.165) is 11.1 Å². The van der Waals surface area contributed by atoms with Gasteiger partial charge in [-0.25, -0.2) is 13.1 Å². The van der Waals surface area contributed by atoms with Crippen molar-refractivity contribution in [2.75, 3.05) is 7.11 Å². The van der Waals surface area contributed by atoms with Crippen molar-refractivity contribution < 1.29 is 9.84 Å². The molecule has 1 N–H and O–H groups in total. The van der Waals surface area contributed by atoms with Crippen molar-refractivity contribution in [3.8, 4) is 11.5 Å². The molecule has 0 aromatic heterocycles. The third-order valence-electron chi connectivity index (χ3n) is 2.75. The summed E-state index contributed by atoms with van der Waals surface area (Å²) in [5, 5.41) is 9.99. The van der Waals surface area contributed by atoms with Crippen LogP contribution in [0.3, 0.4) is 0 Å². The quantitative estimate of drug-likeness (QED) is 0.295. The van der Waals surface area contributed by atoms with Crippen LogP contribution >= 0.6 is 70.5 Å². The summed E-state index contributed by atoms with van der Waals surface area (Å²) in [5.41, 5.74) is 1.70. The number of benzene rings is 2. The molecule has 0 amide bonds. The van der Waals surface area contributed by atoms with Crippen molar-refractivity contribution in [2.45, 2.75) is 13.1 Å². The largest absolute Gasteiger partial charge is 0.506 e. The molecule has 27 heavy (non-hydrogen) atoms. The summed E-state index contributed by atoms with van der Waals surface area (Å²) in [6, 6.07) is 10.1. The van der Waals surface area contributed by atoms with Crippen LogP contribution in [0, 0.1) is 13.1 Å². The van der Waals surface area contributed by atoms with E-state index >= 15 is 0 Å². The van der Waals surface area contributed by atoms with Crippen LogP contribution in [0.2, 0.25) is 10.0 Å². The maximum atomic E-state index is 9.09. The molecule has 4 nitrogen and oxygen atoms in total.